The van der Waals surface area contributed by atoms with Gasteiger partial charge in [0.2, 0.25) is 0 Å². The molecule has 0 aliphatic carbocycles. The summed E-state index contributed by atoms with van der Waals surface area (Å²) in [6, 6.07) is 9.03. The Morgan fingerprint density at radius 3 is 2.72 bits per heavy atom. The van der Waals surface area contributed by atoms with E-state index in [1.165, 1.54) is 6.07 Å². The van der Waals surface area contributed by atoms with Crippen molar-refractivity contribution in [1.29, 1.82) is 0 Å². The largest absolute Gasteiger partial charge is 0.493 e. The number of ether oxygens (including phenoxy) is 4. The van der Waals surface area contributed by atoms with E-state index in [2.05, 4.69) is 9.88 Å². The predicted molar refractivity (Wildman–Crippen MR) is 128 cm³/mol. The maximum absolute atomic E-state index is 13.5. The van der Waals surface area contributed by atoms with Gasteiger partial charge in [-0.25, -0.2) is 13.8 Å². The molecule has 1 aromatic heterocycles. The van der Waals surface area contributed by atoms with Crippen molar-refractivity contribution in [3.8, 4) is 17.2 Å². The van der Waals surface area contributed by atoms with Gasteiger partial charge >= 0.3 is 0 Å². The SMILES string of the molecule is COc1cc(CN2CCOC[C@@](O)(COc3ccc(F)c(F)c3)C2)ccc1OCCn1ccnc1C. The fourth-order valence-electron chi connectivity index (χ4n) is 4.09. The lowest BCUT2D eigenvalue weighted by Gasteiger charge is -2.30. The van der Waals surface area contributed by atoms with Crippen LogP contribution in [0.4, 0.5) is 8.78 Å². The van der Waals surface area contributed by atoms with Gasteiger partial charge in [0.1, 0.15) is 30.4 Å². The summed E-state index contributed by atoms with van der Waals surface area (Å²) in [4.78, 5) is 6.26. The maximum atomic E-state index is 13.5. The second kappa shape index (κ2) is 11.7. The van der Waals surface area contributed by atoms with Gasteiger partial charge in [0, 0.05) is 38.1 Å². The van der Waals surface area contributed by atoms with E-state index in [1.54, 1.807) is 13.3 Å². The smallest absolute Gasteiger partial charge is 0.162 e. The Labute approximate surface area is 209 Å². The second-order valence-electron chi connectivity index (χ2n) is 8.85. The Morgan fingerprint density at radius 1 is 1.11 bits per heavy atom. The van der Waals surface area contributed by atoms with Crippen molar-refractivity contribution < 1.29 is 32.8 Å². The Balaban J connectivity index is 1.35. The molecule has 2 aromatic carbocycles. The van der Waals surface area contributed by atoms with E-state index in [9.17, 15) is 13.9 Å². The topological polar surface area (TPSA) is 78.2 Å². The minimum atomic E-state index is -1.32. The van der Waals surface area contributed by atoms with Crippen LogP contribution in [0.2, 0.25) is 0 Å². The molecule has 1 atom stereocenters. The van der Waals surface area contributed by atoms with Gasteiger partial charge < -0.3 is 28.6 Å². The van der Waals surface area contributed by atoms with E-state index < -0.39 is 17.2 Å². The number of hydrogen-bond donors (Lipinski definition) is 1. The first-order chi connectivity index (χ1) is 17.3. The molecule has 1 fully saturated rings. The average Bonchev–Trinajstić information content (AvgIpc) is 3.18. The molecule has 1 N–H and O–H groups in total. The zero-order valence-electron chi connectivity index (χ0n) is 20.5. The summed E-state index contributed by atoms with van der Waals surface area (Å²) < 4.78 is 51.3. The third-order valence-electron chi connectivity index (χ3n) is 5.99. The van der Waals surface area contributed by atoms with Crippen LogP contribution < -0.4 is 14.2 Å². The first-order valence-corrected chi connectivity index (χ1v) is 11.7. The van der Waals surface area contributed by atoms with Crippen LogP contribution in [0.5, 0.6) is 17.2 Å². The number of imidazole rings is 1. The Bertz CT molecular complexity index is 1160. The molecule has 1 saturated heterocycles. The lowest BCUT2D eigenvalue weighted by molar-refractivity contribution is -0.0647. The molecule has 0 radical (unpaired) electrons. The third kappa shape index (κ3) is 6.71. The van der Waals surface area contributed by atoms with Gasteiger partial charge in [-0.3, -0.25) is 4.90 Å². The van der Waals surface area contributed by atoms with Gasteiger partial charge in [0.15, 0.2) is 23.1 Å². The highest BCUT2D eigenvalue weighted by molar-refractivity contribution is 5.43. The number of halogens is 2. The Morgan fingerprint density at radius 2 is 1.97 bits per heavy atom. The summed E-state index contributed by atoms with van der Waals surface area (Å²) >= 11 is 0. The van der Waals surface area contributed by atoms with Crippen LogP contribution >= 0.6 is 0 Å². The number of nitrogens with zero attached hydrogens (tertiary/aromatic N) is 3. The quantitative estimate of drug-likeness (QED) is 0.455. The Kier molecular flexibility index (Phi) is 8.40. The lowest BCUT2D eigenvalue weighted by Crippen LogP contribution is -2.48. The number of benzene rings is 2. The standard InChI is InChI=1S/C26H31F2N3O5/c1-19-29-7-8-31(19)10-12-35-24-6-3-20(13-25(24)33-2)15-30-9-11-34-17-26(32,16-30)18-36-21-4-5-22(27)23(28)14-21/h3-8,13-14,32H,9-12,15-18H2,1-2H3/t26-/m1/s1. The van der Waals surface area contributed by atoms with E-state index in [1.807, 2.05) is 35.9 Å². The molecule has 0 amide bonds. The number of hydrogen-bond acceptors (Lipinski definition) is 7. The predicted octanol–water partition coefficient (Wildman–Crippen LogP) is 3.20. The molecule has 0 saturated carbocycles. The van der Waals surface area contributed by atoms with Crippen LogP contribution in [0.25, 0.3) is 0 Å². The van der Waals surface area contributed by atoms with Crippen molar-refractivity contribution >= 4 is 0 Å². The summed E-state index contributed by atoms with van der Waals surface area (Å²) in [7, 11) is 1.60. The number of methoxy groups -OCH3 is 1. The van der Waals surface area contributed by atoms with Gasteiger partial charge in [-0.1, -0.05) is 6.07 Å². The average molecular weight is 504 g/mol. The molecule has 194 valence electrons. The normalized spacial score (nSPS) is 18.6. The van der Waals surface area contributed by atoms with Crippen molar-refractivity contribution in [2.24, 2.45) is 0 Å². The highest BCUT2D eigenvalue weighted by Crippen LogP contribution is 2.29. The van der Waals surface area contributed by atoms with Crippen molar-refractivity contribution in [3.05, 3.63) is 71.8 Å². The fourth-order valence-corrected chi connectivity index (χ4v) is 4.09. The molecule has 3 aromatic rings. The number of aliphatic hydroxyl groups is 1. The molecule has 8 nitrogen and oxygen atoms in total. The van der Waals surface area contributed by atoms with Gasteiger partial charge in [-0.05, 0) is 36.8 Å². The zero-order valence-corrected chi connectivity index (χ0v) is 20.5. The van der Waals surface area contributed by atoms with E-state index in [-0.39, 0.29) is 25.5 Å². The summed E-state index contributed by atoms with van der Waals surface area (Å²) in [5.41, 5.74) is -0.338. The van der Waals surface area contributed by atoms with Crippen LogP contribution in [0.15, 0.2) is 48.8 Å². The van der Waals surface area contributed by atoms with Crippen molar-refractivity contribution in [3.63, 3.8) is 0 Å². The third-order valence-corrected chi connectivity index (χ3v) is 5.99. The van der Waals surface area contributed by atoms with Gasteiger partial charge in [0.05, 0.1) is 26.9 Å². The maximum Gasteiger partial charge on any atom is 0.162 e. The zero-order chi connectivity index (χ0) is 25.5. The van der Waals surface area contributed by atoms with Crippen LogP contribution in [0.3, 0.4) is 0 Å². The second-order valence-corrected chi connectivity index (χ2v) is 8.85. The van der Waals surface area contributed by atoms with E-state index >= 15 is 0 Å². The molecule has 4 rings (SSSR count). The molecule has 0 bridgehead atoms. The van der Waals surface area contributed by atoms with Crippen LogP contribution in [-0.2, 0) is 17.8 Å². The molecule has 1 aliphatic heterocycles. The van der Waals surface area contributed by atoms with E-state index in [0.29, 0.717) is 44.3 Å². The van der Waals surface area contributed by atoms with Gasteiger partial charge in [-0.15, -0.1) is 0 Å². The molecule has 2 heterocycles. The van der Waals surface area contributed by atoms with Crippen LogP contribution in [-0.4, -0.2) is 71.8 Å². The molecular formula is C26H31F2N3O5. The minimum absolute atomic E-state index is 0.0691. The van der Waals surface area contributed by atoms with Crippen molar-refractivity contribution in [2.75, 3.05) is 46.6 Å². The van der Waals surface area contributed by atoms with Crippen molar-refractivity contribution in [1.82, 2.24) is 14.5 Å². The number of rotatable bonds is 10. The summed E-state index contributed by atoms with van der Waals surface area (Å²) in [6.45, 7) is 4.91. The highest BCUT2D eigenvalue weighted by Gasteiger charge is 2.33. The monoisotopic (exact) mass is 503 g/mol. The molecule has 1 aliphatic rings. The summed E-state index contributed by atoms with van der Waals surface area (Å²) in [5.74, 6) is 0.383. The first kappa shape index (κ1) is 25.9. The molecule has 0 spiro atoms. The van der Waals surface area contributed by atoms with Gasteiger partial charge in [0.25, 0.3) is 0 Å². The lowest BCUT2D eigenvalue weighted by atomic mass is 10.1. The fraction of sp³-hybridized carbons (Fsp3) is 0.423. The molecule has 36 heavy (non-hydrogen) atoms. The van der Waals surface area contributed by atoms with E-state index in [0.717, 1.165) is 23.5 Å². The van der Waals surface area contributed by atoms with Crippen LogP contribution in [0.1, 0.15) is 11.4 Å². The van der Waals surface area contributed by atoms with Crippen molar-refractivity contribution in [2.45, 2.75) is 25.6 Å². The summed E-state index contributed by atoms with van der Waals surface area (Å²) in [5, 5.41) is 11.1. The van der Waals surface area contributed by atoms with E-state index in [4.69, 9.17) is 18.9 Å². The number of aromatic nitrogens is 2. The minimum Gasteiger partial charge on any atom is -0.493 e. The number of aryl methyl sites for hydroxylation is 1. The molecule has 10 heteroatoms. The summed E-state index contributed by atoms with van der Waals surface area (Å²) in [6.07, 6.45) is 3.67. The molecule has 0 unspecified atom stereocenters. The van der Waals surface area contributed by atoms with Crippen LogP contribution in [0, 0.1) is 18.6 Å². The first-order valence-electron chi connectivity index (χ1n) is 11.7. The highest BCUT2D eigenvalue weighted by atomic mass is 19.2. The van der Waals surface area contributed by atoms with Gasteiger partial charge in [-0.2, -0.15) is 0 Å². The molecular weight excluding hydrogens is 472 g/mol. The Hall–Kier alpha value is -3.21. The number of β-amino-alcohol motifs (C(OH)–C–C–N with tert-alkyl or cyclic N) is 1.